The highest BCUT2D eigenvalue weighted by Gasteiger charge is 2.29. The zero-order valence-corrected chi connectivity index (χ0v) is 11.6. The number of carbonyl (C=O) groups is 1. The van der Waals surface area contributed by atoms with Gasteiger partial charge in [-0.15, -0.1) is 0 Å². The first-order chi connectivity index (χ1) is 7.97. The smallest absolute Gasteiger partial charge is 0.236 e. The van der Waals surface area contributed by atoms with Crippen molar-refractivity contribution in [3.05, 3.63) is 0 Å². The molecule has 1 saturated heterocycles. The highest BCUT2D eigenvalue weighted by atomic mass is 16.2. The molecule has 1 aliphatic heterocycles. The third kappa shape index (κ3) is 3.68. The second kappa shape index (κ2) is 6.36. The summed E-state index contributed by atoms with van der Waals surface area (Å²) in [4.78, 5) is 16.2. The number of hydrogen-bond acceptors (Lipinski definition) is 3. The van der Waals surface area contributed by atoms with Crippen molar-refractivity contribution in [1.82, 2.24) is 9.80 Å². The summed E-state index contributed by atoms with van der Waals surface area (Å²) in [5.74, 6) is 0.201. The van der Waals surface area contributed by atoms with Gasteiger partial charge < -0.3 is 10.6 Å². The molecule has 0 aromatic carbocycles. The normalized spacial score (nSPS) is 26.2. The average Bonchev–Trinajstić information content (AvgIpc) is 2.30. The summed E-state index contributed by atoms with van der Waals surface area (Å²) in [5, 5.41) is 0. The summed E-state index contributed by atoms with van der Waals surface area (Å²) in [5.41, 5.74) is 5.80. The molecule has 1 amide bonds. The molecule has 1 fully saturated rings. The zero-order chi connectivity index (χ0) is 13.0. The molecular formula is C13H27N3O. The van der Waals surface area contributed by atoms with Crippen LogP contribution >= 0.6 is 0 Å². The molecule has 2 unspecified atom stereocenters. The number of nitrogens with two attached hydrogens (primary N) is 1. The van der Waals surface area contributed by atoms with Gasteiger partial charge in [-0.25, -0.2) is 0 Å². The molecule has 1 aliphatic rings. The van der Waals surface area contributed by atoms with Gasteiger partial charge in [0.05, 0.1) is 6.54 Å². The third-order valence-corrected chi connectivity index (χ3v) is 3.95. The Labute approximate surface area is 105 Å². The Morgan fingerprint density at radius 2 is 2.12 bits per heavy atom. The van der Waals surface area contributed by atoms with E-state index in [0.29, 0.717) is 25.2 Å². The van der Waals surface area contributed by atoms with Gasteiger partial charge in [-0.05, 0) is 33.6 Å². The monoisotopic (exact) mass is 241 g/mol. The Bertz CT molecular complexity index is 255. The van der Waals surface area contributed by atoms with Crippen molar-refractivity contribution < 1.29 is 4.79 Å². The lowest BCUT2D eigenvalue weighted by Gasteiger charge is -2.40. The molecule has 2 N–H and O–H groups in total. The molecule has 0 radical (unpaired) electrons. The summed E-state index contributed by atoms with van der Waals surface area (Å²) in [6.45, 7) is 7.45. The molecule has 2 atom stereocenters. The van der Waals surface area contributed by atoms with Gasteiger partial charge in [0.1, 0.15) is 0 Å². The van der Waals surface area contributed by atoms with Crippen molar-refractivity contribution >= 4 is 5.91 Å². The van der Waals surface area contributed by atoms with Gasteiger partial charge in [-0.2, -0.15) is 0 Å². The van der Waals surface area contributed by atoms with Crippen LogP contribution in [0.2, 0.25) is 0 Å². The average molecular weight is 241 g/mol. The highest BCUT2D eigenvalue weighted by Crippen LogP contribution is 2.22. The molecule has 0 bridgehead atoms. The Morgan fingerprint density at radius 3 is 2.65 bits per heavy atom. The maximum Gasteiger partial charge on any atom is 0.236 e. The van der Waals surface area contributed by atoms with Gasteiger partial charge in [0.15, 0.2) is 0 Å². The number of likely N-dealkylation sites (tertiary alicyclic amines) is 1. The van der Waals surface area contributed by atoms with Crippen molar-refractivity contribution in [2.45, 2.75) is 58.2 Å². The summed E-state index contributed by atoms with van der Waals surface area (Å²) in [6, 6.07) is 1.11. The Kier molecular flexibility index (Phi) is 5.40. The first kappa shape index (κ1) is 14.5. The van der Waals surface area contributed by atoms with Crippen molar-refractivity contribution in [3.8, 4) is 0 Å². The van der Waals surface area contributed by atoms with Crippen LogP contribution in [0.5, 0.6) is 0 Å². The molecule has 4 nitrogen and oxygen atoms in total. The van der Waals surface area contributed by atoms with E-state index in [4.69, 9.17) is 5.73 Å². The molecule has 1 heterocycles. The fourth-order valence-electron chi connectivity index (χ4n) is 2.43. The minimum atomic E-state index is 0.201. The number of rotatable bonds is 4. The first-order valence-corrected chi connectivity index (χ1v) is 6.68. The summed E-state index contributed by atoms with van der Waals surface area (Å²) in [6.07, 6.45) is 3.53. The summed E-state index contributed by atoms with van der Waals surface area (Å²) >= 11 is 0. The fourth-order valence-corrected chi connectivity index (χ4v) is 2.43. The topological polar surface area (TPSA) is 49.6 Å². The van der Waals surface area contributed by atoms with Gasteiger partial charge in [0.25, 0.3) is 0 Å². The molecule has 4 heteroatoms. The lowest BCUT2D eigenvalue weighted by molar-refractivity contribution is -0.134. The quantitative estimate of drug-likeness (QED) is 0.800. The van der Waals surface area contributed by atoms with Gasteiger partial charge in [-0.1, -0.05) is 6.42 Å². The largest absolute Gasteiger partial charge is 0.342 e. The number of likely N-dealkylation sites (N-methyl/N-ethyl adjacent to an activating group) is 1. The molecule has 17 heavy (non-hydrogen) atoms. The SMILES string of the molecule is CC(C)N(C)C(=O)CN1C(C)CCCC1CN. The van der Waals surface area contributed by atoms with Crippen molar-refractivity contribution in [1.29, 1.82) is 0 Å². The predicted octanol–water partition coefficient (Wildman–Crippen LogP) is 1.05. The minimum absolute atomic E-state index is 0.201. The molecule has 1 rings (SSSR count). The van der Waals surface area contributed by atoms with E-state index in [1.807, 2.05) is 25.8 Å². The number of nitrogens with zero attached hydrogens (tertiary/aromatic N) is 2. The maximum atomic E-state index is 12.1. The number of amides is 1. The van der Waals surface area contributed by atoms with Crippen LogP contribution in [0.15, 0.2) is 0 Å². The van der Waals surface area contributed by atoms with Crippen LogP contribution in [0, 0.1) is 0 Å². The second-order valence-electron chi connectivity index (χ2n) is 5.44. The molecular weight excluding hydrogens is 214 g/mol. The van der Waals surface area contributed by atoms with E-state index in [1.165, 1.54) is 12.8 Å². The summed E-state index contributed by atoms with van der Waals surface area (Å²) < 4.78 is 0. The minimum Gasteiger partial charge on any atom is -0.342 e. The molecule has 100 valence electrons. The summed E-state index contributed by atoms with van der Waals surface area (Å²) in [7, 11) is 1.87. The van der Waals surface area contributed by atoms with E-state index in [2.05, 4.69) is 11.8 Å². The Morgan fingerprint density at radius 1 is 1.47 bits per heavy atom. The van der Waals surface area contributed by atoms with Crippen LogP contribution in [0.3, 0.4) is 0 Å². The van der Waals surface area contributed by atoms with Crippen LogP contribution in [0.4, 0.5) is 0 Å². The van der Waals surface area contributed by atoms with E-state index in [9.17, 15) is 4.79 Å². The number of hydrogen-bond donors (Lipinski definition) is 1. The first-order valence-electron chi connectivity index (χ1n) is 6.68. The lowest BCUT2D eigenvalue weighted by Crippen LogP contribution is -2.53. The maximum absolute atomic E-state index is 12.1. The number of carbonyl (C=O) groups excluding carboxylic acids is 1. The van der Waals surface area contributed by atoms with Gasteiger partial charge >= 0.3 is 0 Å². The molecule has 0 saturated carbocycles. The second-order valence-corrected chi connectivity index (χ2v) is 5.44. The molecule has 0 aromatic heterocycles. The van der Waals surface area contributed by atoms with Crippen LogP contribution in [0.25, 0.3) is 0 Å². The van der Waals surface area contributed by atoms with E-state index in [1.54, 1.807) is 0 Å². The number of piperidine rings is 1. The van der Waals surface area contributed by atoms with Crippen LogP contribution in [0.1, 0.15) is 40.0 Å². The zero-order valence-electron chi connectivity index (χ0n) is 11.6. The Hall–Kier alpha value is -0.610. The van der Waals surface area contributed by atoms with Gasteiger partial charge in [0, 0.05) is 31.7 Å². The lowest BCUT2D eigenvalue weighted by atomic mass is 9.96. The van der Waals surface area contributed by atoms with E-state index >= 15 is 0 Å². The van der Waals surface area contributed by atoms with E-state index < -0.39 is 0 Å². The standard InChI is InChI=1S/C13H27N3O/c1-10(2)15(4)13(17)9-16-11(3)6-5-7-12(16)8-14/h10-12H,5-9,14H2,1-4H3. The van der Waals surface area contributed by atoms with Crippen molar-refractivity contribution in [2.75, 3.05) is 20.1 Å². The van der Waals surface area contributed by atoms with Gasteiger partial charge in [-0.3, -0.25) is 9.69 Å². The Balaban J connectivity index is 2.60. The molecule has 0 spiro atoms. The van der Waals surface area contributed by atoms with Crippen molar-refractivity contribution in [3.63, 3.8) is 0 Å². The third-order valence-electron chi connectivity index (χ3n) is 3.95. The van der Waals surface area contributed by atoms with E-state index in [0.717, 1.165) is 6.42 Å². The fraction of sp³-hybridized carbons (Fsp3) is 0.923. The molecule has 0 aromatic rings. The van der Waals surface area contributed by atoms with E-state index in [-0.39, 0.29) is 11.9 Å². The van der Waals surface area contributed by atoms with Gasteiger partial charge in [0.2, 0.25) is 5.91 Å². The van der Waals surface area contributed by atoms with Crippen LogP contribution in [-0.2, 0) is 4.79 Å². The highest BCUT2D eigenvalue weighted by molar-refractivity contribution is 5.78. The van der Waals surface area contributed by atoms with Crippen LogP contribution in [-0.4, -0.2) is 54.0 Å². The predicted molar refractivity (Wildman–Crippen MR) is 70.8 cm³/mol. The van der Waals surface area contributed by atoms with Crippen LogP contribution < -0.4 is 5.73 Å². The molecule has 0 aliphatic carbocycles. The van der Waals surface area contributed by atoms with Crippen molar-refractivity contribution in [2.24, 2.45) is 5.73 Å².